The molecule has 0 radical (unpaired) electrons. The van der Waals surface area contributed by atoms with Crippen molar-refractivity contribution in [3.8, 4) is 0 Å². The van der Waals surface area contributed by atoms with Crippen LogP contribution >= 0.6 is 0 Å². The normalized spacial score (nSPS) is 18.4. The van der Waals surface area contributed by atoms with Gasteiger partial charge in [-0.15, -0.1) is 0 Å². The largest absolute Gasteiger partial charge is 0.399 e. The molecule has 2 aliphatic heterocycles. The number of allylic oxidation sites excluding steroid dienone is 8. The summed E-state index contributed by atoms with van der Waals surface area (Å²) < 4.78 is 2.45. The average Bonchev–Trinajstić information content (AvgIpc) is 3.27. The molecule has 2 aromatic carbocycles. The van der Waals surface area contributed by atoms with Crippen LogP contribution in [0, 0.1) is 22.0 Å². The van der Waals surface area contributed by atoms with E-state index in [1.54, 1.807) is 12.1 Å². The Morgan fingerprint density at radius 2 is 1.56 bits per heavy atom. The maximum atomic E-state index is 11.5. The highest BCUT2D eigenvalue weighted by molar-refractivity contribution is 6.03. The van der Waals surface area contributed by atoms with Gasteiger partial charge < -0.3 is 10.6 Å². The van der Waals surface area contributed by atoms with Crippen molar-refractivity contribution in [2.24, 2.45) is 11.8 Å². The van der Waals surface area contributed by atoms with E-state index in [9.17, 15) is 10.1 Å². The lowest BCUT2D eigenvalue weighted by molar-refractivity contribution is -0.439. The first-order chi connectivity index (χ1) is 20.2. The minimum Gasteiger partial charge on any atom is -0.399 e. The third-order valence-electron chi connectivity index (χ3n) is 8.81. The minimum atomic E-state index is -0.338. The SMILES string of the molecule is CC(C)CCN1/C(=C/C=C/C=C/C=C/C2=[N+](CCC(C)C)c3ccc(N)cc3C2(C)C)C(C)(C)c2cc([N+](=O)[O-])ccc21. The van der Waals surface area contributed by atoms with E-state index in [-0.39, 0.29) is 21.4 Å². The molecule has 0 atom stereocenters. The fourth-order valence-corrected chi connectivity index (χ4v) is 6.21. The van der Waals surface area contributed by atoms with E-state index in [4.69, 9.17) is 5.73 Å². The molecule has 0 fully saturated rings. The van der Waals surface area contributed by atoms with Crippen LogP contribution in [0.3, 0.4) is 0 Å². The third kappa shape index (κ3) is 6.69. The molecular weight excluding hydrogens is 532 g/mol. The molecule has 0 spiro atoms. The fraction of sp³-hybridized carbons (Fsp3) is 0.432. The van der Waals surface area contributed by atoms with Crippen LogP contribution < -0.4 is 10.6 Å². The number of nitro benzene ring substituents is 1. The quantitative estimate of drug-likeness (QED) is 0.0945. The van der Waals surface area contributed by atoms with Gasteiger partial charge in [-0.3, -0.25) is 10.1 Å². The molecular formula is C37H49N4O2+. The summed E-state index contributed by atoms with van der Waals surface area (Å²) in [5.74, 6) is 1.19. The van der Waals surface area contributed by atoms with Crippen LogP contribution in [0.4, 0.5) is 22.7 Å². The Kier molecular flexibility index (Phi) is 9.48. The number of hydrogen-bond donors (Lipinski definition) is 1. The van der Waals surface area contributed by atoms with Gasteiger partial charge in [0, 0.05) is 65.3 Å². The maximum Gasteiger partial charge on any atom is 0.269 e. The number of anilines is 2. The highest BCUT2D eigenvalue weighted by Crippen LogP contribution is 2.49. The standard InChI is InChI=1S/C37H49N4O2/c1-26(2)20-22-39-32-18-16-28(38)24-30(32)36(5,6)34(39)14-12-10-9-11-13-15-35-37(7,8)31-25-29(41(42)43)17-19-33(31)40(35)23-21-27(3)4/h9-19,24-27H,20-23,38H2,1-8H3/q+1. The minimum absolute atomic E-state index is 0.135. The highest BCUT2D eigenvalue weighted by Gasteiger charge is 2.44. The van der Waals surface area contributed by atoms with Crippen molar-refractivity contribution in [3.05, 3.63) is 106 Å². The lowest BCUT2D eigenvalue weighted by Gasteiger charge is -2.27. The predicted molar refractivity (Wildman–Crippen MR) is 182 cm³/mol. The van der Waals surface area contributed by atoms with Crippen LogP contribution in [-0.2, 0) is 10.8 Å². The summed E-state index contributed by atoms with van der Waals surface area (Å²) in [5, 5.41) is 11.5. The van der Waals surface area contributed by atoms with E-state index in [0.717, 1.165) is 48.6 Å². The second-order valence-corrected chi connectivity index (χ2v) is 13.7. The molecule has 0 unspecified atom stereocenters. The third-order valence-corrected chi connectivity index (χ3v) is 8.81. The smallest absolute Gasteiger partial charge is 0.269 e. The van der Waals surface area contributed by atoms with Crippen LogP contribution in [0.2, 0.25) is 0 Å². The van der Waals surface area contributed by atoms with Crippen LogP contribution in [0.15, 0.2) is 84.6 Å². The first kappa shape index (κ1) is 32.0. The van der Waals surface area contributed by atoms with E-state index >= 15 is 0 Å². The summed E-state index contributed by atoms with van der Waals surface area (Å²) in [6.45, 7) is 19.7. The van der Waals surface area contributed by atoms with E-state index in [0.29, 0.717) is 11.8 Å². The zero-order valence-corrected chi connectivity index (χ0v) is 27.2. The second kappa shape index (κ2) is 12.7. The van der Waals surface area contributed by atoms with Crippen molar-refractivity contribution in [1.82, 2.24) is 0 Å². The van der Waals surface area contributed by atoms with Gasteiger partial charge >= 0.3 is 0 Å². The van der Waals surface area contributed by atoms with Crippen LogP contribution in [0.5, 0.6) is 0 Å². The van der Waals surface area contributed by atoms with Crippen molar-refractivity contribution >= 4 is 28.5 Å². The molecule has 0 amide bonds. The first-order valence-corrected chi connectivity index (χ1v) is 15.6. The van der Waals surface area contributed by atoms with Crippen LogP contribution in [0.1, 0.15) is 79.4 Å². The molecule has 0 saturated heterocycles. The molecule has 0 bridgehead atoms. The summed E-state index contributed by atoms with van der Waals surface area (Å²) in [7, 11) is 0. The maximum absolute atomic E-state index is 11.5. The number of nitrogens with zero attached hydrogens (tertiary/aromatic N) is 3. The molecule has 6 heteroatoms. The molecule has 228 valence electrons. The van der Waals surface area contributed by atoms with Gasteiger partial charge in [0.2, 0.25) is 5.69 Å². The molecule has 4 rings (SSSR count). The van der Waals surface area contributed by atoms with Crippen molar-refractivity contribution in [2.75, 3.05) is 23.7 Å². The summed E-state index contributed by atoms with van der Waals surface area (Å²) in [5.41, 5.74) is 13.7. The lowest BCUT2D eigenvalue weighted by atomic mass is 9.81. The van der Waals surface area contributed by atoms with Gasteiger partial charge in [-0.2, -0.15) is 4.58 Å². The first-order valence-electron chi connectivity index (χ1n) is 15.6. The molecule has 0 aromatic heterocycles. The van der Waals surface area contributed by atoms with E-state index in [1.165, 1.54) is 17.0 Å². The number of nitrogens with two attached hydrogens (primary N) is 1. The lowest BCUT2D eigenvalue weighted by Crippen LogP contribution is -2.28. The summed E-state index contributed by atoms with van der Waals surface area (Å²) in [6.07, 6.45) is 16.9. The summed E-state index contributed by atoms with van der Waals surface area (Å²) in [4.78, 5) is 13.5. The topological polar surface area (TPSA) is 75.4 Å². The van der Waals surface area contributed by atoms with Crippen molar-refractivity contribution < 1.29 is 9.50 Å². The highest BCUT2D eigenvalue weighted by atomic mass is 16.6. The number of hydrogen-bond acceptors (Lipinski definition) is 4. The number of fused-ring (bicyclic) bond motifs is 2. The van der Waals surface area contributed by atoms with Gasteiger partial charge in [0.15, 0.2) is 5.71 Å². The molecule has 6 nitrogen and oxygen atoms in total. The Bertz CT molecular complexity index is 1520. The van der Waals surface area contributed by atoms with E-state index in [2.05, 4.69) is 120 Å². The van der Waals surface area contributed by atoms with Gasteiger partial charge in [0.1, 0.15) is 6.54 Å². The van der Waals surface area contributed by atoms with Crippen LogP contribution in [0.25, 0.3) is 0 Å². The average molecular weight is 582 g/mol. The molecule has 0 saturated carbocycles. The fourth-order valence-electron chi connectivity index (χ4n) is 6.21. The summed E-state index contributed by atoms with van der Waals surface area (Å²) >= 11 is 0. The predicted octanol–water partition coefficient (Wildman–Crippen LogP) is 9.00. The number of non-ortho nitro benzene ring substituents is 1. The monoisotopic (exact) mass is 581 g/mol. The zero-order chi connectivity index (χ0) is 31.5. The number of benzene rings is 2. The summed E-state index contributed by atoms with van der Waals surface area (Å²) in [6, 6.07) is 11.5. The molecule has 2 aromatic rings. The molecule has 2 heterocycles. The van der Waals surface area contributed by atoms with Gasteiger partial charge in [-0.25, -0.2) is 0 Å². The Labute approximate surface area is 258 Å². The molecule has 43 heavy (non-hydrogen) atoms. The van der Waals surface area contributed by atoms with E-state index in [1.807, 2.05) is 12.1 Å². The zero-order valence-electron chi connectivity index (χ0n) is 27.2. The van der Waals surface area contributed by atoms with Gasteiger partial charge in [0.05, 0.1) is 10.3 Å². The van der Waals surface area contributed by atoms with Crippen molar-refractivity contribution in [3.63, 3.8) is 0 Å². The van der Waals surface area contributed by atoms with Crippen molar-refractivity contribution in [2.45, 2.75) is 79.1 Å². The Morgan fingerprint density at radius 1 is 0.884 bits per heavy atom. The van der Waals surface area contributed by atoms with Gasteiger partial charge in [-0.1, -0.05) is 71.9 Å². The van der Waals surface area contributed by atoms with Gasteiger partial charge in [-0.05, 0) is 61.9 Å². The molecule has 2 aliphatic rings. The number of rotatable bonds is 11. The Hall–Kier alpha value is -3.93. The van der Waals surface area contributed by atoms with Crippen molar-refractivity contribution in [1.29, 1.82) is 0 Å². The molecule has 2 N–H and O–H groups in total. The Balaban J connectivity index is 1.57. The Morgan fingerprint density at radius 3 is 2.23 bits per heavy atom. The van der Waals surface area contributed by atoms with E-state index < -0.39 is 0 Å². The van der Waals surface area contributed by atoms with Crippen LogP contribution in [-0.4, -0.2) is 28.3 Å². The number of nitro groups is 1. The molecule has 0 aliphatic carbocycles. The second-order valence-electron chi connectivity index (χ2n) is 13.7. The van der Waals surface area contributed by atoms with Gasteiger partial charge in [0.25, 0.3) is 5.69 Å². The number of nitrogen functional groups attached to an aromatic ring is 1.